The van der Waals surface area contributed by atoms with Gasteiger partial charge in [0.05, 0.1) is 13.2 Å². The summed E-state index contributed by atoms with van der Waals surface area (Å²) in [6.07, 6.45) is 9.85. The van der Waals surface area contributed by atoms with Crippen molar-refractivity contribution in [3.8, 4) is 0 Å². The van der Waals surface area contributed by atoms with Crippen molar-refractivity contribution >= 4 is 23.8 Å². The number of guanidine groups is 1. The topological polar surface area (TPSA) is 136 Å². The van der Waals surface area contributed by atoms with Crippen LogP contribution in [-0.2, 0) is 4.74 Å². The summed E-state index contributed by atoms with van der Waals surface area (Å²) in [6.45, 7) is 0.780. The van der Waals surface area contributed by atoms with E-state index in [2.05, 4.69) is 30.6 Å². The Bertz CT molecular complexity index is 769. The van der Waals surface area contributed by atoms with E-state index in [-0.39, 0.29) is 29.7 Å². The summed E-state index contributed by atoms with van der Waals surface area (Å²) >= 11 is 0. The molecule has 0 amide bonds. The zero-order valence-corrected chi connectivity index (χ0v) is 16.0. The first kappa shape index (κ1) is 19.8. The van der Waals surface area contributed by atoms with Crippen LogP contribution in [0.25, 0.3) is 0 Å². The molecule has 0 aromatic carbocycles. The van der Waals surface area contributed by atoms with Crippen LogP contribution in [0.1, 0.15) is 38.5 Å². The van der Waals surface area contributed by atoms with Crippen LogP contribution in [-0.4, -0.2) is 40.6 Å². The number of nitrogens with zero attached hydrogens (tertiary/aromatic N) is 4. The zero-order valence-electron chi connectivity index (χ0n) is 16.0. The number of aliphatic imine (C=N–C) groups is 1. The van der Waals surface area contributed by atoms with Gasteiger partial charge in [-0.05, 0) is 37.3 Å². The lowest BCUT2D eigenvalue weighted by Gasteiger charge is -2.22. The first-order valence-corrected chi connectivity index (χ1v) is 9.51. The van der Waals surface area contributed by atoms with E-state index >= 15 is 0 Å². The molecule has 1 saturated carbocycles. The highest BCUT2D eigenvalue weighted by Crippen LogP contribution is 2.25. The van der Waals surface area contributed by atoms with Gasteiger partial charge >= 0.3 is 0 Å². The molecular formula is C18H27FN8O. The Morgan fingerprint density at radius 3 is 2.64 bits per heavy atom. The maximum atomic E-state index is 14.0. The second kappa shape index (κ2) is 9.34. The predicted molar refractivity (Wildman–Crippen MR) is 107 cm³/mol. The van der Waals surface area contributed by atoms with Gasteiger partial charge in [-0.3, -0.25) is 0 Å². The van der Waals surface area contributed by atoms with E-state index < -0.39 is 5.83 Å². The summed E-state index contributed by atoms with van der Waals surface area (Å²) in [6, 6.07) is -0.320. The summed E-state index contributed by atoms with van der Waals surface area (Å²) in [5.41, 5.74) is 10.9. The molecule has 10 heteroatoms. The molecular weight excluding hydrogens is 363 g/mol. The van der Waals surface area contributed by atoms with Crippen molar-refractivity contribution in [2.24, 2.45) is 22.4 Å². The highest BCUT2D eigenvalue weighted by Gasteiger charge is 2.18. The number of anilines is 2. The maximum absolute atomic E-state index is 14.0. The van der Waals surface area contributed by atoms with Crippen molar-refractivity contribution in [3.63, 3.8) is 0 Å². The Hall–Kier alpha value is -2.91. The Kier molecular flexibility index (Phi) is 6.62. The fraction of sp³-hybridized carbons (Fsp3) is 0.556. The standard InChI is InChI=1S/C18H27FN8O/c1-28-14-8-7-12(9-13(14)19)23-17-25-16(26-18(27-17)24-15(20)21)22-10-11-5-3-2-4-6-11/h8-9,11-12H,2-7,10H2,1H3,(H6,20,21,22,23,24,25,26,27). The number of methoxy groups -OCH3 is 1. The number of ether oxygens (including phenoxy) is 1. The molecule has 6 N–H and O–H groups in total. The lowest BCUT2D eigenvalue weighted by molar-refractivity contribution is 0.278. The molecule has 1 aromatic rings. The third kappa shape index (κ3) is 5.54. The van der Waals surface area contributed by atoms with Crippen LogP contribution in [0.4, 0.5) is 22.2 Å². The van der Waals surface area contributed by atoms with Crippen molar-refractivity contribution in [3.05, 3.63) is 23.7 Å². The average molecular weight is 390 g/mol. The third-order valence-corrected chi connectivity index (χ3v) is 4.80. The van der Waals surface area contributed by atoms with Gasteiger partial charge in [-0.2, -0.15) is 19.9 Å². The number of nitrogens with two attached hydrogens (primary N) is 2. The van der Waals surface area contributed by atoms with Crippen molar-refractivity contribution in [2.45, 2.75) is 44.6 Å². The fourth-order valence-electron chi connectivity index (χ4n) is 3.41. The van der Waals surface area contributed by atoms with E-state index in [1.54, 1.807) is 6.08 Å². The molecule has 1 fully saturated rings. The molecule has 0 spiro atoms. The Labute approximate surface area is 163 Å². The van der Waals surface area contributed by atoms with Crippen LogP contribution in [0.5, 0.6) is 0 Å². The maximum Gasteiger partial charge on any atom is 0.259 e. The van der Waals surface area contributed by atoms with Crippen molar-refractivity contribution in [2.75, 3.05) is 24.3 Å². The predicted octanol–water partition coefficient (Wildman–Crippen LogP) is 2.34. The van der Waals surface area contributed by atoms with Gasteiger partial charge in [0.1, 0.15) is 5.76 Å². The van der Waals surface area contributed by atoms with E-state index in [4.69, 9.17) is 16.2 Å². The quantitative estimate of drug-likeness (QED) is 0.411. The minimum atomic E-state index is -0.430. The van der Waals surface area contributed by atoms with Gasteiger partial charge in [0, 0.05) is 6.54 Å². The largest absolute Gasteiger partial charge is 0.494 e. The summed E-state index contributed by atoms with van der Waals surface area (Å²) in [5.74, 6) is 0.996. The van der Waals surface area contributed by atoms with E-state index in [9.17, 15) is 4.39 Å². The van der Waals surface area contributed by atoms with Crippen LogP contribution < -0.4 is 22.1 Å². The molecule has 2 aliphatic carbocycles. The lowest BCUT2D eigenvalue weighted by Crippen LogP contribution is -2.24. The number of rotatable bonds is 7. The van der Waals surface area contributed by atoms with E-state index in [1.807, 2.05) is 0 Å². The molecule has 0 radical (unpaired) electrons. The second-order valence-corrected chi connectivity index (χ2v) is 6.98. The van der Waals surface area contributed by atoms with Crippen LogP contribution in [0, 0.1) is 5.92 Å². The van der Waals surface area contributed by atoms with Gasteiger partial charge < -0.3 is 26.8 Å². The van der Waals surface area contributed by atoms with Crippen LogP contribution in [0.3, 0.4) is 0 Å². The molecule has 152 valence electrons. The minimum absolute atomic E-state index is 0.0945. The molecule has 9 nitrogen and oxygen atoms in total. The Morgan fingerprint density at radius 1 is 1.21 bits per heavy atom. The van der Waals surface area contributed by atoms with Crippen molar-refractivity contribution < 1.29 is 9.13 Å². The van der Waals surface area contributed by atoms with Crippen LogP contribution >= 0.6 is 0 Å². The molecule has 0 bridgehead atoms. The normalized spacial score (nSPS) is 20.0. The van der Waals surface area contributed by atoms with Crippen molar-refractivity contribution in [1.82, 2.24) is 15.0 Å². The van der Waals surface area contributed by atoms with E-state index in [0.29, 0.717) is 18.3 Å². The SMILES string of the molecule is COC1=CCC(Nc2nc(N=C(N)N)nc(NCC3CCCCC3)n2)C=C1F. The molecule has 2 aliphatic rings. The molecule has 0 saturated heterocycles. The molecule has 1 unspecified atom stereocenters. The first-order chi connectivity index (χ1) is 13.5. The Morgan fingerprint density at radius 2 is 1.96 bits per heavy atom. The number of hydrogen-bond donors (Lipinski definition) is 4. The van der Waals surface area contributed by atoms with E-state index in [1.165, 1.54) is 45.3 Å². The molecule has 3 rings (SSSR count). The summed E-state index contributed by atoms with van der Waals surface area (Å²) in [7, 11) is 1.44. The van der Waals surface area contributed by atoms with Gasteiger partial charge in [-0.25, -0.2) is 4.39 Å². The molecule has 0 aliphatic heterocycles. The summed E-state index contributed by atoms with van der Waals surface area (Å²) in [4.78, 5) is 16.8. The molecule has 1 atom stereocenters. The molecule has 28 heavy (non-hydrogen) atoms. The first-order valence-electron chi connectivity index (χ1n) is 9.51. The number of hydrogen-bond acceptors (Lipinski definition) is 7. The third-order valence-electron chi connectivity index (χ3n) is 4.80. The monoisotopic (exact) mass is 390 g/mol. The second-order valence-electron chi connectivity index (χ2n) is 6.98. The molecule has 1 aromatic heterocycles. The smallest absolute Gasteiger partial charge is 0.259 e. The van der Waals surface area contributed by atoms with Crippen LogP contribution in [0.15, 0.2) is 28.7 Å². The summed E-state index contributed by atoms with van der Waals surface area (Å²) < 4.78 is 18.9. The average Bonchev–Trinajstić information content (AvgIpc) is 2.67. The fourth-order valence-corrected chi connectivity index (χ4v) is 3.41. The highest BCUT2D eigenvalue weighted by atomic mass is 19.1. The number of nitrogens with one attached hydrogen (secondary N) is 2. The van der Waals surface area contributed by atoms with Gasteiger partial charge in [0.15, 0.2) is 11.8 Å². The van der Waals surface area contributed by atoms with E-state index in [0.717, 1.165) is 6.54 Å². The van der Waals surface area contributed by atoms with Gasteiger partial charge in [0.25, 0.3) is 5.95 Å². The Balaban J connectivity index is 1.72. The number of aromatic nitrogens is 3. The minimum Gasteiger partial charge on any atom is -0.494 e. The summed E-state index contributed by atoms with van der Waals surface area (Å²) in [5, 5.41) is 6.33. The van der Waals surface area contributed by atoms with Gasteiger partial charge in [-0.1, -0.05) is 19.3 Å². The number of allylic oxidation sites excluding steroid dienone is 1. The lowest BCUT2D eigenvalue weighted by atomic mass is 9.89. The zero-order chi connectivity index (χ0) is 19.9. The highest BCUT2D eigenvalue weighted by molar-refractivity contribution is 5.78. The van der Waals surface area contributed by atoms with Crippen LogP contribution in [0.2, 0.25) is 0 Å². The van der Waals surface area contributed by atoms with Gasteiger partial charge in [-0.15, -0.1) is 0 Å². The van der Waals surface area contributed by atoms with Gasteiger partial charge in [0.2, 0.25) is 11.9 Å². The number of halogens is 1. The van der Waals surface area contributed by atoms with Crippen molar-refractivity contribution in [1.29, 1.82) is 0 Å². The molecule has 1 heterocycles.